The summed E-state index contributed by atoms with van der Waals surface area (Å²) in [4.78, 5) is 12.1. The van der Waals surface area contributed by atoms with Crippen LogP contribution < -0.4 is 11.1 Å². The lowest BCUT2D eigenvalue weighted by molar-refractivity contribution is 0.0949. The van der Waals surface area contributed by atoms with Crippen LogP contribution in [0.1, 0.15) is 68.3 Å². The maximum Gasteiger partial charge on any atom is 0.251 e. The normalized spacial score (nSPS) is 11.0. The first-order chi connectivity index (χ1) is 11.6. The number of unbranched alkanes of at least 4 members (excludes halogenated alkanes) is 5. The van der Waals surface area contributed by atoms with Gasteiger partial charge in [0.2, 0.25) is 0 Å². The third-order valence-corrected chi connectivity index (χ3v) is 3.85. The molecule has 3 N–H and O–H groups in total. The number of nitrogens with one attached hydrogen (secondary N) is 1. The molecule has 0 aliphatic rings. The highest BCUT2D eigenvalue weighted by molar-refractivity contribution is 5.94. The Kier molecular flexibility index (Phi) is 11.2. The number of nitrogens with two attached hydrogens (primary N) is 1. The lowest BCUT2D eigenvalue weighted by Crippen LogP contribution is -2.24. The SMILES string of the molecule is CC(C)COCc1ccc(C(=O)NCCCCCCCCN)cc1. The standard InChI is InChI=1S/C20H34N2O2/c1-17(2)15-24-16-18-9-11-19(12-10-18)20(23)22-14-8-6-4-3-5-7-13-21/h9-12,17H,3-8,13-16,21H2,1-2H3,(H,22,23). The Balaban J connectivity index is 2.16. The fraction of sp³-hybridized carbons (Fsp3) is 0.650. The zero-order valence-corrected chi connectivity index (χ0v) is 15.4. The molecule has 136 valence electrons. The van der Waals surface area contributed by atoms with Crippen molar-refractivity contribution in [3.63, 3.8) is 0 Å². The molecular formula is C20H34N2O2. The van der Waals surface area contributed by atoms with E-state index in [9.17, 15) is 4.79 Å². The van der Waals surface area contributed by atoms with Crippen LogP contribution >= 0.6 is 0 Å². The Morgan fingerprint density at radius 2 is 1.67 bits per heavy atom. The van der Waals surface area contributed by atoms with Crippen molar-refractivity contribution >= 4 is 5.91 Å². The molecule has 0 saturated heterocycles. The molecule has 0 atom stereocenters. The van der Waals surface area contributed by atoms with Gasteiger partial charge in [-0.1, -0.05) is 51.7 Å². The number of carbonyl (C=O) groups excluding carboxylic acids is 1. The molecule has 0 aromatic heterocycles. The minimum Gasteiger partial charge on any atom is -0.377 e. The molecule has 24 heavy (non-hydrogen) atoms. The van der Waals surface area contributed by atoms with Crippen LogP contribution in [0.15, 0.2) is 24.3 Å². The third kappa shape index (κ3) is 9.68. The number of rotatable bonds is 13. The highest BCUT2D eigenvalue weighted by Crippen LogP contribution is 2.08. The summed E-state index contributed by atoms with van der Waals surface area (Å²) in [6.07, 6.45) is 7.00. The predicted octanol–water partition coefficient (Wildman–Crippen LogP) is 3.89. The van der Waals surface area contributed by atoms with Crippen molar-refractivity contribution in [2.24, 2.45) is 11.7 Å². The Hall–Kier alpha value is -1.39. The van der Waals surface area contributed by atoms with Crippen LogP contribution in [-0.4, -0.2) is 25.6 Å². The Bertz CT molecular complexity index is 443. The molecule has 0 heterocycles. The van der Waals surface area contributed by atoms with Gasteiger partial charge in [-0.05, 0) is 43.0 Å². The van der Waals surface area contributed by atoms with E-state index in [0.29, 0.717) is 18.1 Å². The molecule has 0 aliphatic heterocycles. The molecule has 1 aromatic carbocycles. The van der Waals surface area contributed by atoms with Gasteiger partial charge in [0.1, 0.15) is 0 Å². The lowest BCUT2D eigenvalue weighted by atomic mass is 10.1. The average Bonchev–Trinajstić information content (AvgIpc) is 2.57. The van der Waals surface area contributed by atoms with Crippen LogP contribution in [-0.2, 0) is 11.3 Å². The van der Waals surface area contributed by atoms with Crippen molar-refractivity contribution in [1.82, 2.24) is 5.32 Å². The number of hydrogen-bond acceptors (Lipinski definition) is 3. The number of carbonyl (C=O) groups is 1. The van der Waals surface area contributed by atoms with Crippen molar-refractivity contribution in [3.05, 3.63) is 35.4 Å². The summed E-state index contributed by atoms with van der Waals surface area (Å²) in [5.41, 5.74) is 7.29. The van der Waals surface area contributed by atoms with Crippen molar-refractivity contribution in [2.45, 2.75) is 59.0 Å². The third-order valence-electron chi connectivity index (χ3n) is 3.85. The van der Waals surface area contributed by atoms with Gasteiger partial charge in [-0.2, -0.15) is 0 Å². The molecule has 4 nitrogen and oxygen atoms in total. The Morgan fingerprint density at radius 1 is 1.04 bits per heavy atom. The summed E-state index contributed by atoms with van der Waals surface area (Å²) >= 11 is 0. The lowest BCUT2D eigenvalue weighted by Gasteiger charge is -2.08. The Morgan fingerprint density at radius 3 is 2.29 bits per heavy atom. The van der Waals surface area contributed by atoms with E-state index in [2.05, 4.69) is 19.2 Å². The second-order valence-corrected chi connectivity index (χ2v) is 6.77. The summed E-state index contributed by atoms with van der Waals surface area (Å²) in [6.45, 7) is 7.16. The quantitative estimate of drug-likeness (QED) is 0.538. The molecule has 0 spiro atoms. The first-order valence-electron chi connectivity index (χ1n) is 9.28. The molecule has 1 amide bonds. The number of ether oxygens (including phenoxy) is 1. The Labute approximate surface area is 147 Å². The smallest absolute Gasteiger partial charge is 0.251 e. The van der Waals surface area contributed by atoms with E-state index in [0.717, 1.165) is 44.5 Å². The highest BCUT2D eigenvalue weighted by atomic mass is 16.5. The summed E-state index contributed by atoms with van der Waals surface area (Å²) in [5, 5.41) is 2.99. The molecule has 0 radical (unpaired) electrons. The molecule has 0 fully saturated rings. The van der Waals surface area contributed by atoms with Gasteiger partial charge in [0.05, 0.1) is 6.61 Å². The number of benzene rings is 1. The van der Waals surface area contributed by atoms with E-state index in [1.807, 2.05) is 24.3 Å². The fourth-order valence-corrected chi connectivity index (χ4v) is 2.45. The van der Waals surface area contributed by atoms with E-state index in [4.69, 9.17) is 10.5 Å². The molecule has 0 aliphatic carbocycles. The first-order valence-corrected chi connectivity index (χ1v) is 9.28. The van der Waals surface area contributed by atoms with Crippen LogP contribution in [0.2, 0.25) is 0 Å². The van der Waals surface area contributed by atoms with Gasteiger partial charge in [-0.3, -0.25) is 4.79 Å². The first kappa shape index (κ1) is 20.7. The molecule has 0 unspecified atom stereocenters. The van der Waals surface area contributed by atoms with Crippen molar-refractivity contribution in [3.8, 4) is 0 Å². The molecule has 1 aromatic rings. The van der Waals surface area contributed by atoms with Gasteiger partial charge >= 0.3 is 0 Å². The molecular weight excluding hydrogens is 300 g/mol. The summed E-state index contributed by atoms with van der Waals surface area (Å²) in [6, 6.07) is 7.67. The van der Waals surface area contributed by atoms with Gasteiger partial charge < -0.3 is 15.8 Å². The van der Waals surface area contributed by atoms with E-state index in [1.54, 1.807) is 0 Å². The van der Waals surface area contributed by atoms with E-state index in [1.165, 1.54) is 19.3 Å². The topological polar surface area (TPSA) is 64.3 Å². The highest BCUT2D eigenvalue weighted by Gasteiger charge is 2.05. The van der Waals surface area contributed by atoms with Crippen molar-refractivity contribution in [1.29, 1.82) is 0 Å². The van der Waals surface area contributed by atoms with Crippen LogP contribution in [0, 0.1) is 5.92 Å². The second kappa shape index (κ2) is 13.0. The van der Waals surface area contributed by atoms with Gasteiger partial charge in [0.15, 0.2) is 0 Å². The fourth-order valence-electron chi connectivity index (χ4n) is 2.45. The number of hydrogen-bond donors (Lipinski definition) is 2. The average molecular weight is 335 g/mol. The van der Waals surface area contributed by atoms with Gasteiger partial charge in [0.25, 0.3) is 5.91 Å². The zero-order chi connectivity index (χ0) is 17.6. The maximum absolute atomic E-state index is 12.1. The maximum atomic E-state index is 12.1. The minimum absolute atomic E-state index is 0.00720. The monoisotopic (exact) mass is 334 g/mol. The summed E-state index contributed by atoms with van der Waals surface area (Å²) < 4.78 is 5.60. The molecule has 4 heteroatoms. The van der Waals surface area contributed by atoms with Crippen LogP contribution in [0.25, 0.3) is 0 Å². The van der Waals surface area contributed by atoms with Crippen LogP contribution in [0.3, 0.4) is 0 Å². The van der Waals surface area contributed by atoms with E-state index < -0.39 is 0 Å². The van der Waals surface area contributed by atoms with Gasteiger partial charge in [-0.25, -0.2) is 0 Å². The minimum atomic E-state index is 0.00720. The van der Waals surface area contributed by atoms with Crippen molar-refractivity contribution in [2.75, 3.05) is 19.7 Å². The largest absolute Gasteiger partial charge is 0.377 e. The summed E-state index contributed by atoms with van der Waals surface area (Å²) in [5.74, 6) is 0.545. The van der Waals surface area contributed by atoms with Gasteiger partial charge in [-0.15, -0.1) is 0 Å². The zero-order valence-electron chi connectivity index (χ0n) is 15.4. The summed E-state index contributed by atoms with van der Waals surface area (Å²) in [7, 11) is 0. The number of amides is 1. The van der Waals surface area contributed by atoms with E-state index in [-0.39, 0.29) is 5.91 Å². The molecule has 1 rings (SSSR count). The van der Waals surface area contributed by atoms with Gasteiger partial charge in [0, 0.05) is 18.7 Å². The predicted molar refractivity (Wildman–Crippen MR) is 100 cm³/mol. The van der Waals surface area contributed by atoms with Crippen LogP contribution in [0.5, 0.6) is 0 Å². The molecule has 0 bridgehead atoms. The molecule has 0 saturated carbocycles. The second-order valence-electron chi connectivity index (χ2n) is 6.77. The van der Waals surface area contributed by atoms with Crippen LogP contribution in [0.4, 0.5) is 0 Å². The van der Waals surface area contributed by atoms with E-state index >= 15 is 0 Å². The van der Waals surface area contributed by atoms with Crippen molar-refractivity contribution < 1.29 is 9.53 Å².